The molecule has 7 rings (SSSR count). The number of hydrogen-bond acceptors (Lipinski definition) is 8. The number of hydrogen-bond donors (Lipinski definition) is 2. The maximum atomic E-state index is 16.4. The molecular formula is C25H20F2N6OS. The summed E-state index contributed by atoms with van der Waals surface area (Å²) in [6.07, 6.45) is 3.88. The standard InChI is InChI=1S/C25H20F2N6OS/c26-17-4-3-13(20-14(5-28)25(29)35-24(17)20)19-15-9-34-10-16(15)21-18(8-31-32-23(21)22(19)27)33-11-1-2-12(33)7-30-6-11/h3-4,8,11-12,30H,1-2,6-7,9-10,29H2. The summed E-state index contributed by atoms with van der Waals surface area (Å²) >= 11 is 0.996. The molecule has 3 aliphatic heterocycles. The summed E-state index contributed by atoms with van der Waals surface area (Å²) in [7, 11) is 0. The van der Waals surface area contributed by atoms with Gasteiger partial charge in [-0.3, -0.25) is 0 Å². The van der Waals surface area contributed by atoms with Crippen molar-refractivity contribution in [1.29, 1.82) is 5.26 Å². The molecule has 0 radical (unpaired) electrons. The van der Waals surface area contributed by atoms with Gasteiger partial charge in [0, 0.05) is 41.5 Å². The molecule has 0 amide bonds. The van der Waals surface area contributed by atoms with E-state index in [4.69, 9.17) is 10.5 Å². The minimum atomic E-state index is -0.539. The van der Waals surface area contributed by atoms with Gasteiger partial charge in [-0.2, -0.15) is 10.4 Å². The molecule has 0 spiro atoms. The van der Waals surface area contributed by atoms with Crippen molar-refractivity contribution >= 4 is 43.0 Å². The van der Waals surface area contributed by atoms with Crippen molar-refractivity contribution in [3.63, 3.8) is 0 Å². The number of thiophene rings is 1. The van der Waals surface area contributed by atoms with Crippen molar-refractivity contribution in [3.8, 4) is 17.2 Å². The van der Waals surface area contributed by atoms with Crippen LogP contribution < -0.4 is 16.0 Å². The number of fused-ring (bicyclic) bond motifs is 6. The van der Waals surface area contributed by atoms with Crippen LogP contribution in [0.4, 0.5) is 19.5 Å². The van der Waals surface area contributed by atoms with E-state index >= 15 is 4.39 Å². The van der Waals surface area contributed by atoms with Crippen LogP contribution in [0.25, 0.3) is 32.1 Å². The minimum absolute atomic E-state index is 0.156. The third kappa shape index (κ3) is 2.80. The Bertz CT molecular complexity index is 1580. The number of anilines is 2. The number of nitrogen functional groups attached to an aromatic ring is 1. The van der Waals surface area contributed by atoms with E-state index in [1.165, 1.54) is 12.1 Å². The third-order valence-electron chi connectivity index (χ3n) is 7.58. The first-order chi connectivity index (χ1) is 17.1. The maximum Gasteiger partial charge on any atom is 0.159 e. The second kappa shape index (κ2) is 7.55. The molecule has 3 N–H and O–H groups in total. The second-order valence-corrected chi connectivity index (χ2v) is 10.3. The molecule has 3 aliphatic rings. The summed E-state index contributed by atoms with van der Waals surface area (Å²) in [6.45, 7) is 2.29. The molecule has 2 aromatic heterocycles. The summed E-state index contributed by atoms with van der Waals surface area (Å²) in [5.74, 6) is -1.03. The van der Waals surface area contributed by atoms with Gasteiger partial charge in [-0.1, -0.05) is 6.07 Å². The smallest absolute Gasteiger partial charge is 0.159 e. The van der Waals surface area contributed by atoms with Crippen LogP contribution in [-0.4, -0.2) is 35.4 Å². The molecule has 4 aromatic rings. The first-order valence-corrected chi connectivity index (χ1v) is 12.4. The Morgan fingerprint density at radius 3 is 2.69 bits per heavy atom. The maximum absolute atomic E-state index is 16.4. The number of rotatable bonds is 2. The Labute approximate surface area is 203 Å². The van der Waals surface area contributed by atoms with Crippen molar-refractivity contribution in [2.75, 3.05) is 23.7 Å². The quantitative estimate of drug-likeness (QED) is 0.434. The number of halogens is 2. The fraction of sp³-hybridized carbons (Fsp3) is 0.320. The lowest BCUT2D eigenvalue weighted by Crippen LogP contribution is -2.52. The zero-order valence-electron chi connectivity index (χ0n) is 18.6. The number of ether oxygens (including phenoxy) is 1. The van der Waals surface area contributed by atoms with Crippen LogP contribution >= 0.6 is 11.3 Å². The molecule has 2 bridgehead atoms. The van der Waals surface area contributed by atoms with Crippen molar-refractivity contribution in [3.05, 3.63) is 46.7 Å². The van der Waals surface area contributed by atoms with Crippen molar-refractivity contribution in [2.24, 2.45) is 0 Å². The predicted molar refractivity (Wildman–Crippen MR) is 130 cm³/mol. The lowest BCUT2D eigenvalue weighted by molar-refractivity contribution is 0.135. The molecular weight excluding hydrogens is 470 g/mol. The minimum Gasteiger partial charge on any atom is -0.389 e. The van der Waals surface area contributed by atoms with E-state index in [2.05, 4.69) is 26.5 Å². The molecule has 0 aliphatic carbocycles. The molecule has 2 fully saturated rings. The molecule has 2 aromatic carbocycles. The van der Waals surface area contributed by atoms with Crippen LogP contribution in [0.5, 0.6) is 0 Å². The van der Waals surface area contributed by atoms with Crippen LogP contribution in [0.15, 0.2) is 18.3 Å². The van der Waals surface area contributed by atoms with E-state index in [1.807, 2.05) is 0 Å². The molecule has 35 heavy (non-hydrogen) atoms. The Balaban J connectivity index is 1.55. The van der Waals surface area contributed by atoms with E-state index < -0.39 is 11.6 Å². The predicted octanol–water partition coefficient (Wildman–Crippen LogP) is 4.21. The lowest BCUT2D eigenvalue weighted by atomic mass is 9.90. The zero-order valence-corrected chi connectivity index (χ0v) is 19.4. The summed E-state index contributed by atoms with van der Waals surface area (Å²) in [6, 6.07) is 5.53. The molecule has 0 saturated carbocycles. The van der Waals surface area contributed by atoms with E-state index in [9.17, 15) is 9.65 Å². The van der Waals surface area contributed by atoms with Crippen LogP contribution in [0, 0.1) is 23.0 Å². The van der Waals surface area contributed by atoms with Crippen molar-refractivity contribution in [1.82, 2.24) is 15.5 Å². The fourth-order valence-electron chi connectivity index (χ4n) is 6.11. The second-order valence-electron chi connectivity index (χ2n) is 9.30. The summed E-state index contributed by atoms with van der Waals surface area (Å²) in [5, 5.41) is 22.9. The van der Waals surface area contributed by atoms with Gasteiger partial charge in [0.2, 0.25) is 0 Å². The summed E-state index contributed by atoms with van der Waals surface area (Å²) in [4.78, 5) is 2.37. The summed E-state index contributed by atoms with van der Waals surface area (Å²) in [5.41, 5.74) is 9.51. The number of nitrogens with zero attached hydrogens (tertiary/aromatic N) is 4. The van der Waals surface area contributed by atoms with Crippen LogP contribution in [0.1, 0.15) is 29.5 Å². The molecule has 176 valence electrons. The highest BCUT2D eigenvalue weighted by atomic mass is 32.1. The molecule has 5 heterocycles. The molecule has 2 unspecified atom stereocenters. The van der Waals surface area contributed by atoms with Gasteiger partial charge >= 0.3 is 0 Å². The zero-order chi connectivity index (χ0) is 23.8. The lowest BCUT2D eigenvalue weighted by Gasteiger charge is -2.37. The van der Waals surface area contributed by atoms with Gasteiger partial charge in [0.05, 0.1) is 35.4 Å². The molecule has 2 atom stereocenters. The van der Waals surface area contributed by atoms with Gasteiger partial charge in [-0.15, -0.1) is 16.4 Å². The van der Waals surface area contributed by atoms with Gasteiger partial charge in [-0.25, -0.2) is 8.78 Å². The SMILES string of the molecule is N#Cc1c(N)sc2c(F)ccc(-c3c4c(c5c(N6C7CCC6CNC7)cnnc5c3F)COC4)c12. The molecule has 10 heteroatoms. The van der Waals surface area contributed by atoms with Gasteiger partial charge < -0.3 is 20.7 Å². The normalized spacial score (nSPS) is 21.1. The molecule has 2 saturated heterocycles. The van der Waals surface area contributed by atoms with Gasteiger partial charge in [0.1, 0.15) is 22.4 Å². The fourth-order valence-corrected chi connectivity index (χ4v) is 7.06. The average Bonchev–Trinajstić information content (AvgIpc) is 3.54. The van der Waals surface area contributed by atoms with Gasteiger partial charge in [-0.05, 0) is 35.6 Å². The van der Waals surface area contributed by atoms with Crippen LogP contribution in [0.2, 0.25) is 0 Å². The van der Waals surface area contributed by atoms with Gasteiger partial charge in [0.15, 0.2) is 5.82 Å². The highest BCUT2D eigenvalue weighted by Crippen LogP contribution is 2.48. The van der Waals surface area contributed by atoms with E-state index in [0.717, 1.165) is 53.9 Å². The Hall–Kier alpha value is -3.39. The third-order valence-corrected chi connectivity index (χ3v) is 8.60. The highest BCUT2D eigenvalue weighted by Gasteiger charge is 2.39. The number of nitrogens with one attached hydrogen (secondary N) is 1. The first kappa shape index (κ1) is 20.9. The first-order valence-electron chi connectivity index (χ1n) is 11.5. The van der Waals surface area contributed by atoms with Gasteiger partial charge in [0.25, 0.3) is 0 Å². The van der Waals surface area contributed by atoms with Crippen molar-refractivity contribution in [2.45, 2.75) is 38.1 Å². The largest absolute Gasteiger partial charge is 0.389 e. The number of benzene rings is 2. The Kier molecular flexibility index (Phi) is 4.52. The highest BCUT2D eigenvalue weighted by molar-refractivity contribution is 7.23. The molecule has 7 nitrogen and oxygen atoms in total. The van der Waals surface area contributed by atoms with Crippen LogP contribution in [-0.2, 0) is 18.0 Å². The topological polar surface area (TPSA) is 100 Å². The summed E-state index contributed by atoms with van der Waals surface area (Å²) < 4.78 is 37.2. The van der Waals surface area contributed by atoms with Crippen molar-refractivity contribution < 1.29 is 13.5 Å². The average molecular weight is 491 g/mol. The van der Waals surface area contributed by atoms with E-state index in [-0.39, 0.29) is 33.0 Å². The number of aromatic nitrogens is 2. The number of nitriles is 1. The number of nitrogens with two attached hydrogens (primary N) is 1. The Morgan fingerprint density at radius 2 is 1.91 bits per heavy atom. The van der Waals surface area contributed by atoms with E-state index in [0.29, 0.717) is 35.2 Å². The van der Waals surface area contributed by atoms with Crippen LogP contribution in [0.3, 0.4) is 0 Å². The van der Waals surface area contributed by atoms with E-state index in [1.54, 1.807) is 6.20 Å². The Morgan fingerprint density at radius 1 is 1.14 bits per heavy atom. The number of piperazine rings is 1. The monoisotopic (exact) mass is 490 g/mol.